The van der Waals surface area contributed by atoms with E-state index in [9.17, 15) is 4.79 Å². The van der Waals surface area contributed by atoms with Gasteiger partial charge in [-0.2, -0.15) is 9.59 Å². The summed E-state index contributed by atoms with van der Waals surface area (Å²) in [7, 11) is 0. The Hall–Kier alpha value is -1.41. The summed E-state index contributed by atoms with van der Waals surface area (Å²) in [6.07, 6.45) is 8.18. The van der Waals surface area contributed by atoms with Crippen molar-refractivity contribution >= 4 is 12.1 Å². The Morgan fingerprint density at radius 3 is 2.38 bits per heavy atom. The lowest BCUT2D eigenvalue weighted by Crippen LogP contribution is -2.33. The van der Waals surface area contributed by atoms with Gasteiger partial charge in [-0.15, -0.1) is 0 Å². The van der Waals surface area contributed by atoms with Crippen LogP contribution in [0.25, 0.3) is 0 Å². The highest BCUT2D eigenvalue weighted by Crippen LogP contribution is 2.37. The maximum atomic E-state index is 11.7. The molecular formula is C12H18O4. The van der Waals surface area contributed by atoms with Gasteiger partial charge in [0.15, 0.2) is 0 Å². The molecular weight excluding hydrogens is 208 g/mol. The Balaban J connectivity index is 0.000000673. The molecule has 1 atom stereocenters. The van der Waals surface area contributed by atoms with Crippen LogP contribution < -0.4 is 0 Å². The van der Waals surface area contributed by atoms with Gasteiger partial charge in [-0.1, -0.05) is 19.1 Å². The summed E-state index contributed by atoms with van der Waals surface area (Å²) >= 11 is 0. The van der Waals surface area contributed by atoms with E-state index in [1.54, 1.807) is 0 Å². The van der Waals surface area contributed by atoms with Crippen LogP contribution in [0.3, 0.4) is 0 Å². The van der Waals surface area contributed by atoms with Crippen molar-refractivity contribution in [3.63, 3.8) is 0 Å². The molecule has 0 aromatic heterocycles. The van der Waals surface area contributed by atoms with Gasteiger partial charge in [-0.05, 0) is 32.6 Å². The number of carbonyl (C=O) groups is 1. The quantitative estimate of drug-likeness (QED) is 0.546. The van der Waals surface area contributed by atoms with Crippen LogP contribution in [0.1, 0.15) is 39.5 Å². The van der Waals surface area contributed by atoms with E-state index in [2.05, 4.69) is 19.1 Å². The molecule has 1 aliphatic carbocycles. The number of esters is 1. The number of rotatable bonds is 3. The molecule has 4 heteroatoms. The van der Waals surface area contributed by atoms with Gasteiger partial charge in [-0.25, -0.2) is 0 Å². The van der Waals surface area contributed by atoms with Crippen LogP contribution in [0.4, 0.5) is 0 Å². The number of allylic oxidation sites excluding steroid dienone is 2. The van der Waals surface area contributed by atoms with Crippen LogP contribution in [0.2, 0.25) is 0 Å². The standard InChI is InChI=1S/C11H18O2.CO2/c1-3-11(10(12)13-4-2)8-6-5-7-9-11;2-1-3/h5-6H,3-4,7-9H2,1-2H3;. The first kappa shape index (κ1) is 14.6. The van der Waals surface area contributed by atoms with Crippen molar-refractivity contribution in [2.75, 3.05) is 6.61 Å². The molecule has 0 amide bonds. The van der Waals surface area contributed by atoms with Gasteiger partial charge in [0, 0.05) is 0 Å². The molecule has 0 radical (unpaired) electrons. The molecule has 0 aromatic carbocycles. The van der Waals surface area contributed by atoms with E-state index in [1.807, 2.05) is 6.92 Å². The van der Waals surface area contributed by atoms with Gasteiger partial charge in [0.25, 0.3) is 0 Å². The van der Waals surface area contributed by atoms with Crippen LogP contribution in [0.15, 0.2) is 12.2 Å². The summed E-state index contributed by atoms with van der Waals surface area (Å²) in [5, 5.41) is 0. The van der Waals surface area contributed by atoms with E-state index in [0.29, 0.717) is 6.61 Å². The summed E-state index contributed by atoms with van der Waals surface area (Å²) in [5.74, 6) is -0.0122. The third-order valence-corrected chi connectivity index (χ3v) is 2.85. The maximum Gasteiger partial charge on any atom is 0.373 e. The predicted octanol–water partition coefficient (Wildman–Crippen LogP) is 2.10. The smallest absolute Gasteiger partial charge is 0.373 e. The third-order valence-electron chi connectivity index (χ3n) is 2.85. The lowest BCUT2D eigenvalue weighted by atomic mass is 9.75. The SMILES string of the molecule is CCOC(=O)C1(CC)CC=CCC1.O=C=O. The summed E-state index contributed by atoms with van der Waals surface area (Å²) in [4.78, 5) is 27.9. The number of hydrogen-bond donors (Lipinski definition) is 0. The monoisotopic (exact) mass is 226 g/mol. The molecule has 16 heavy (non-hydrogen) atoms. The molecule has 0 bridgehead atoms. The fraction of sp³-hybridized carbons (Fsp3) is 0.667. The average molecular weight is 226 g/mol. The molecule has 1 unspecified atom stereocenters. The van der Waals surface area contributed by atoms with Crippen molar-refractivity contribution in [1.82, 2.24) is 0 Å². The molecule has 0 aliphatic heterocycles. The first-order valence-electron chi connectivity index (χ1n) is 5.48. The van der Waals surface area contributed by atoms with E-state index in [4.69, 9.17) is 14.3 Å². The maximum absolute atomic E-state index is 11.7. The molecule has 0 heterocycles. The predicted molar refractivity (Wildman–Crippen MR) is 57.4 cm³/mol. The normalized spacial score (nSPS) is 22.6. The molecule has 1 aliphatic rings. The van der Waals surface area contributed by atoms with Crippen molar-refractivity contribution in [2.24, 2.45) is 5.41 Å². The lowest BCUT2D eigenvalue weighted by Gasteiger charge is -2.31. The zero-order valence-corrected chi connectivity index (χ0v) is 9.82. The third kappa shape index (κ3) is 3.99. The first-order valence-corrected chi connectivity index (χ1v) is 5.48. The average Bonchev–Trinajstić information content (AvgIpc) is 2.31. The second kappa shape index (κ2) is 7.83. The van der Waals surface area contributed by atoms with Crippen molar-refractivity contribution < 1.29 is 19.1 Å². The zero-order valence-electron chi connectivity index (χ0n) is 9.82. The topological polar surface area (TPSA) is 60.4 Å². The number of ether oxygens (including phenoxy) is 1. The van der Waals surface area contributed by atoms with Gasteiger partial charge < -0.3 is 4.74 Å². The minimum absolute atomic E-state index is 0.0122. The van der Waals surface area contributed by atoms with Crippen molar-refractivity contribution in [3.05, 3.63) is 12.2 Å². The minimum atomic E-state index is -0.217. The zero-order chi connectivity index (χ0) is 12.4. The summed E-state index contributed by atoms with van der Waals surface area (Å²) in [6.45, 7) is 4.42. The van der Waals surface area contributed by atoms with Crippen LogP contribution in [-0.2, 0) is 19.1 Å². The molecule has 0 saturated heterocycles. The second-order valence-electron chi connectivity index (χ2n) is 3.65. The molecule has 0 saturated carbocycles. The molecule has 0 aromatic rings. The molecule has 4 nitrogen and oxygen atoms in total. The van der Waals surface area contributed by atoms with Gasteiger partial charge >= 0.3 is 12.1 Å². The Labute approximate surface area is 95.7 Å². The fourth-order valence-corrected chi connectivity index (χ4v) is 1.82. The van der Waals surface area contributed by atoms with Crippen molar-refractivity contribution in [2.45, 2.75) is 39.5 Å². The Morgan fingerprint density at radius 1 is 1.38 bits per heavy atom. The Bertz CT molecular complexity index is 277. The highest BCUT2D eigenvalue weighted by atomic mass is 16.5. The highest BCUT2D eigenvalue weighted by molar-refractivity contribution is 5.77. The van der Waals surface area contributed by atoms with Crippen molar-refractivity contribution in [3.8, 4) is 0 Å². The van der Waals surface area contributed by atoms with E-state index in [-0.39, 0.29) is 17.5 Å². The number of carbonyl (C=O) groups excluding carboxylic acids is 3. The Kier molecular flexibility index (Phi) is 7.14. The Morgan fingerprint density at radius 2 is 2.00 bits per heavy atom. The van der Waals surface area contributed by atoms with E-state index in [1.165, 1.54) is 0 Å². The van der Waals surface area contributed by atoms with Crippen LogP contribution in [0.5, 0.6) is 0 Å². The van der Waals surface area contributed by atoms with Gasteiger partial charge in [0.2, 0.25) is 0 Å². The second-order valence-corrected chi connectivity index (χ2v) is 3.65. The number of hydrogen-bond acceptors (Lipinski definition) is 4. The van der Waals surface area contributed by atoms with Crippen LogP contribution >= 0.6 is 0 Å². The van der Waals surface area contributed by atoms with E-state index >= 15 is 0 Å². The van der Waals surface area contributed by atoms with Crippen LogP contribution in [0, 0.1) is 5.41 Å². The molecule has 0 N–H and O–H groups in total. The summed E-state index contributed by atoms with van der Waals surface area (Å²) in [6, 6.07) is 0. The van der Waals surface area contributed by atoms with Crippen molar-refractivity contribution in [1.29, 1.82) is 0 Å². The van der Waals surface area contributed by atoms with Gasteiger partial charge in [-0.3, -0.25) is 4.79 Å². The molecule has 0 spiro atoms. The van der Waals surface area contributed by atoms with Gasteiger partial charge in [0.05, 0.1) is 12.0 Å². The van der Waals surface area contributed by atoms with E-state index in [0.717, 1.165) is 25.7 Å². The molecule has 1 rings (SSSR count). The lowest BCUT2D eigenvalue weighted by molar-refractivity contribution is -0.191. The highest BCUT2D eigenvalue weighted by Gasteiger charge is 2.37. The van der Waals surface area contributed by atoms with Crippen LogP contribution in [-0.4, -0.2) is 18.7 Å². The largest absolute Gasteiger partial charge is 0.466 e. The fourth-order valence-electron chi connectivity index (χ4n) is 1.82. The molecule has 0 fully saturated rings. The van der Waals surface area contributed by atoms with E-state index < -0.39 is 0 Å². The summed E-state index contributed by atoms with van der Waals surface area (Å²) < 4.78 is 5.10. The first-order chi connectivity index (χ1) is 7.66. The minimum Gasteiger partial charge on any atom is -0.466 e. The van der Waals surface area contributed by atoms with Gasteiger partial charge in [0.1, 0.15) is 0 Å². The molecule has 90 valence electrons. The summed E-state index contributed by atoms with van der Waals surface area (Å²) in [5.41, 5.74) is -0.217.